The van der Waals surface area contributed by atoms with Crippen molar-refractivity contribution in [2.75, 3.05) is 7.11 Å². The van der Waals surface area contributed by atoms with Gasteiger partial charge < -0.3 is 15.4 Å². The van der Waals surface area contributed by atoms with Gasteiger partial charge >= 0.3 is 5.97 Å². The largest absolute Gasteiger partial charge is 0.469 e. The van der Waals surface area contributed by atoms with E-state index in [9.17, 15) is 14.4 Å². The standard InChI is InChI=1S/C15H18N2O4.C2H6/c1-9-3-4-11-10(7-9)8-17(15(11)20)12(14(16)19)5-6-13(18)21-2;1-2/h3-4,7,12H,5-6,8H2,1-2H3,(H2,16,19);1-2H3. The molecule has 2 amide bonds. The second kappa shape index (κ2) is 8.31. The third-order valence-corrected chi connectivity index (χ3v) is 3.65. The fourth-order valence-electron chi connectivity index (χ4n) is 2.53. The van der Waals surface area contributed by atoms with Crippen LogP contribution < -0.4 is 5.73 Å². The third kappa shape index (κ3) is 4.31. The molecule has 1 aliphatic heterocycles. The SMILES string of the molecule is CC.COC(=O)CCC(C(N)=O)N1Cc2cc(C)ccc2C1=O. The quantitative estimate of drug-likeness (QED) is 0.837. The normalized spacial score (nSPS) is 13.7. The van der Waals surface area contributed by atoms with E-state index < -0.39 is 17.9 Å². The Hall–Kier alpha value is -2.37. The number of hydrogen-bond acceptors (Lipinski definition) is 4. The van der Waals surface area contributed by atoms with Crippen LogP contribution >= 0.6 is 0 Å². The maximum Gasteiger partial charge on any atom is 0.305 e. The maximum atomic E-state index is 12.4. The summed E-state index contributed by atoms with van der Waals surface area (Å²) in [5.74, 6) is -1.27. The van der Waals surface area contributed by atoms with Crippen molar-refractivity contribution in [3.05, 3.63) is 34.9 Å². The number of nitrogens with two attached hydrogens (primary N) is 1. The van der Waals surface area contributed by atoms with Crippen LogP contribution in [0.15, 0.2) is 18.2 Å². The Morgan fingerprint density at radius 3 is 2.57 bits per heavy atom. The number of fused-ring (bicyclic) bond motifs is 1. The number of nitrogens with zero attached hydrogens (tertiary/aromatic N) is 1. The van der Waals surface area contributed by atoms with Crippen LogP contribution in [0.5, 0.6) is 0 Å². The Labute approximate surface area is 136 Å². The summed E-state index contributed by atoms with van der Waals surface area (Å²) in [7, 11) is 1.28. The molecule has 1 aromatic rings. The molecule has 0 fully saturated rings. The summed E-state index contributed by atoms with van der Waals surface area (Å²) in [6.45, 7) is 6.28. The number of amides is 2. The summed E-state index contributed by atoms with van der Waals surface area (Å²) < 4.78 is 4.55. The van der Waals surface area contributed by atoms with Gasteiger partial charge in [0.1, 0.15) is 6.04 Å². The minimum absolute atomic E-state index is 0.0449. The molecule has 126 valence electrons. The summed E-state index contributed by atoms with van der Waals surface area (Å²) in [4.78, 5) is 36.6. The molecular weight excluding hydrogens is 296 g/mol. The van der Waals surface area contributed by atoms with Crippen LogP contribution in [0.2, 0.25) is 0 Å². The maximum absolute atomic E-state index is 12.4. The number of carbonyl (C=O) groups excluding carboxylic acids is 3. The monoisotopic (exact) mass is 320 g/mol. The first-order chi connectivity index (χ1) is 10.9. The second-order valence-electron chi connectivity index (χ2n) is 5.13. The van der Waals surface area contributed by atoms with Gasteiger partial charge in [0.2, 0.25) is 5.91 Å². The average molecular weight is 320 g/mol. The van der Waals surface area contributed by atoms with Gasteiger partial charge in [0.25, 0.3) is 5.91 Å². The topological polar surface area (TPSA) is 89.7 Å². The molecule has 0 bridgehead atoms. The molecule has 1 heterocycles. The van der Waals surface area contributed by atoms with E-state index in [1.54, 1.807) is 6.07 Å². The lowest BCUT2D eigenvalue weighted by molar-refractivity contribution is -0.141. The van der Waals surface area contributed by atoms with E-state index in [1.807, 2.05) is 32.9 Å². The molecule has 2 N–H and O–H groups in total. The van der Waals surface area contributed by atoms with Crippen molar-refractivity contribution in [1.29, 1.82) is 0 Å². The molecule has 0 aromatic heterocycles. The van der Waals surface area contributed by atoms with Crippen molar-refractivity contribution < 1.29 is 19.1 Å². The number of esters is 1. The van der Waals surface area contributed by atoms with Crippen molar-refractivity contribution in [2.45, 2.75) is 46.2 Å². The molecule has 6 heteroatoms. The Kier molecular flexibility index (Phi) is 6.75. The highest BCUT2D eigenvalue weighted by Gasteiger charge is 2.35. The van der Waals surface area contributed by atoms with Gasteiger partial charge in [0, 0.05) is 18.5 Å². The van der Waals surface area contributed by atoms with Crippen molar-refractivity contribution in [2.24, 2.45) is 5.73 Å². The number of rotatable bonds is 5. The molecule has 6 nitrogen and oxygen atoms in total. The first-order valence-electron chi connectivity index (χ1n) is 7.70. The fourth-order valence-corrected chi connectivity index (χ4v) is 2.53. The van der Waals surface area contributed by atoms with Crippen molar-refractivity contribution >= 4 is 17.8 Å². The van der Waals surface area contributed by atoms with Gasteiger partial charge in [-0.15, -0.1) is 0 Å². The van der Waals surface area contributed by atoms with E-state index >= 15 is 0 Å². The minimum Gasteiger partial charge on any atom is -0.469 e. The summed E-state index contributed by atoms with van der Waals surface area (Å²) in [6, 6.07) is 4.73. The van der Waals surface area contributed by atoms with E-state index in [-0.39, 0.29) is 18.7 Å². The van der Waals surface area contributed by atoms with Gasteiger partial charge in [-0.3, -0.25) is 14.4 Å². The molecule has 0 radical (unpaired) electrons. The highest BCUT2D eigenvalue weighted by atomic mass is 16.5. The van der Waals surface area contributed by atoms with Crippen LogP contribution in [0.25, 0.3) is 0 Å². The number of aryl methyl sites for hydroxylation is 1. The Morgan fingerprint density at radius 1 is 1.35 bits per heavy atom. The zero-order chi connectivity index (χ0) is 17.6. The molecular formula is C17H24N2O4. The van der Waals surface area contributed by atoms with Crippen LogP contribution in [0.3, 0.4) is 0 Å². The summed E-state index contributed by atoms with van der Waals surface area (Å²) in [6.07, 6.45) is 0.212. The average Bonchev–Trinajstić information content (AvgIpc) is 2.85. The van der Waals surface area contributed by atoms with Gasteiger partial charge in [-0.05, 0) is 25.0 Å². The first kappa shape index (κ1) is 18.7. The third-order valence-electron chi connectivity index (χ3n) is 3.65. The van der Waals surface area contributed by atoms with Crippen LogP contribution in [-0.4, -0.2) is 35.8 Å². The summed E-state index contributed by atoms with van der Waals surface area (Å²) in [5, 5.41) is 0. The molecule has 1 atom stereocenters. The summed E-state index contributed by atoms with van der Waals surface area (Å²) in [5.41, 5.74) is 7.90. The van der Waals surface area contributed by atoms with Crippen molar-refractivity contribution in [3.8, 4) is 0 Å². The van der Waals surface area contributed by atoms with Gasteiger partial charge in [-0.25, -0.2) is 0 Å². The van der Waals surface area contributed by atoms with E-state index in [2.05, 4.69) is 4.74 Å². The van der Waals surface area contributed by atoms with Crippen LogP contribution in [0.4, 0.5) is 0 Å². The molecule has 1 aromatic carbocycles. The van der Waals surface area contributed by atoms with Gasteiger partial charge in [0.05, 0.1) is 7.11 Å². The summed E-state index contributed by atoms with van der Waals surface area (Å²) >= 11 is 0. The highest BCUT2D eigenvalue weighted by molar-refractivity contribution is 6.01. The number of benzene rings is 1. The van der Waals surface area contributed by atoms with Crippen LogP contribution in [-0.2, 0) is 20.9 Å². The number of carbonyl (C=O) groups is 3. The lowest BCUT2D eigenvalue weighted by Gasteiger charge is -2.24. The van der Waals surface area contributed by atoms with Crippen LogP contribution in [0, 0.1) is 6.92 Å². The predicted octanol–water partition coefficient (Wildman–Crippen LogP) is 1.78. The number of methoxy groups -OCH3 is 1. The fraction of sp³-hybridized carbons (Fsp3) is 0.471. The number of ether oxygens (including phenoxy) is 1. The van der Waals surface area contributed by atoms with E-state index in [1.165, 1.54) is 12.0 Å². The molecule has 0 saturated carbocycles. The zero-order valence-electron chi connectivity index (χ0n) is 14.1. The van der Waals surface area contributed by atoms with Gasteiger partial charge in [-0.1, -0.05) is 31.5 Å². The molecule has 0 spiro atoms. The highest BCUT2D eigenvalue weighted by Crippen LogP contribution is 2.26. The van der Waals surface area contributed by atoms with Crippen LogP contribution in [0.1, 0.15) is 48.2 Å². The molecule has 2 rings (SSSR count). The molecule has 1 unspecified atom stereocenters. The van der Waals surface area contributed by atoms with Crippen molar-refractivity contribution in [1.82, 2.24) is 4.90 Å². The second-order valence-corrected chi connectivity index (χ2v) is 5.13. The van der Waals surface area contributed by atoms with E-state index in [0.29, 0.717) is 12.1 Å². The Morgan fingerprint density at radius 2 is 2.00 bits per heavy atom. The van der Waals surface area contributed by atoms with E-state index in [0.717, 1.165) is 11.1 Å². The lowest BCUT2D eigenvalue weighted by atomic mass is 10.1. The minimum atomic E-state index is -0.802. The molecule has 23 heavy (non-hydrogen) atoms. The molecule has 1 aliphatic rings. The van der Waals surface area contributed by atoms with Crippen molar-refractivity contribution in [3.63, 3.8) is 0 Å². The van der Waals surface area contributed by atoms with Gasteiger partial charge in [-0.2, -0.15) is 0 Å². The Bertz CT molecular complexity index is 598. The predicted molar refractivity (Wildman–Crippen MR) is 86.6 cm³/mol. The lowest BCUT2D eigenvalue weighted by Crippen LogP contribution is -2.45. The smallest absolute Gasteiger partial charge is 0.305 e. The first-order valence-corrected chi connectivity index (χ1v) is 7.70. The van der Waals surface area contributed by atoms with Gasteiger partial charge in [0.15, 0.2) is 0 Å². The zero-order valence-corrected chi connectivity index (χ0v) is 14.1. The molecule has 0 saturated heterocycles. The number of primary amides is 1. The molecule has 0 aliphatic carbocycles. The Balaban J connectivity index is 0.00000127. The van der Waals surface area contributed by atoms with E-state index in [4.69, 9.17) is 5.73 Å². The number of hydrogen-bond donors (Lipinski definition) is 1.